The fourth-order valence-electron chi connectivity index (χ4n) is 1.86. The summed E-state index contributed by atoms with van der Waals surface area (Å²) in [5, 5.41) is 3.06. The van der Waals surface area contributed by atoms with Crippen LogP contribution in [0.4, 0.5) is 0 Å². The maximum Gasteiger partial charge on any atom is 0.176 e. The van der Waals surface area contributed by atoms with Gasteiger partial charge in [0.15, 0.2) is 9.84 Å². The molecule has 1 aromatic carbocycles. The lowest BCUT2D eigenvalue weighted by Crippen LogP contribution is -2.35. The average Bonchev–Trinajstić information content (AvgIpc) is 2.21. The SMILES string of the molecule is COc1cccc(C(=C2CNC2)S(C)(=O)=O)c1. The number of nitrogens with one attached hydrogen (secondary N) is 1. The Morgan fingerprint density at radius 1 is 1.35 bits per heavy atom. The zero-order valence-corrected chi connectivity index (χ0v) is 10.7. The van der Waals surface area contributed by atoms with E-state index in [9.17, 15) is 8.42 Å². The Morgan fingerprint density at radius 2 is 2.06 bits per heavy atom. The van der Waals surface area contributed by atoms with Crippen LogP contribution in [-0.4, -0.2) is 34.9 Å². The van der Waals surface area contributed by atoms with Crippen LogP contribution in [0.1, 0.15) is 5.56 Å². The average molecular weight is 253 g/mol. The molecular weight excluding hydrogens is 238 g/mol. The summed E-state index contributed by atoms with van der Waals surface area (Å²) < 4.78 is 28.8. The van der Waals surface area contributed by atoms with Crippen molar-refractivity contribution in [1.82, 2.24) is 5.32 Å². The van der Waals surface area contributed by atoms with Gasteiger partial charge in [0.2, 0.25) is 0 Å². The van der Waals surface area contributed by atoms with E-state index < -0.39 is 9.84 Å². The van der Waals surface area contributed by atoms with Crippen molar-refractivity contribution >= 4 is 14.7 Å². The van der Waals surface area contributed by atoms with Gasteiger partial charge in [-0.2, -0.15) is 0 Å². The molecule has 1 fully saturated rings. The smallest absolute Gasteiger partial charge is 0.176 e. The van der Waals surface area contributed by atoms with Crippen molar-refractivity contribution in [3.63, 3.8) is 0 Å². The zero-order chi connectivity index (χ0) is 12.5. The minimum atomic E-state index is -3.22. The maximum atomic E-state index is 11.8. The quantitative estimate of drug-likeness (QED) is 0.875. The van der Waals surface area contributed by atoms with Gasteiger partial charge in [0.25, 0.3) is 0 Å². The topological polar surface area (TPSA) is 55.4 Å². The van der Waals surface area contributed by atoms with Gasteiger partial charge in [-0.3, -0.25) is 0 Å². The third-order valence-corrected chi connectivity index (χ3v) is 3.97. The lowest BCUT2D eigenvalue weighted by atomic mass is 10.1. The number of hydrogen-bond donors (Lipinski definition) is 1. The number of methoxy groups -OCH3 is 1. The van der Waals surface area contributed by atoms with Crippen molar-refractivity contribution < 1.29 is 13.2 Å². The van der Waals surface area contributed by atoms with Gasteiger partial charge in [0, 0.05) is 19.3 Å². The molecule has 0 aliphatic carbocycles. The zero-order valence-electron chi connectivity index (χ0n) is 9.86. The Morgan fingerprint density at radius 3 is 2.53 bits per heavy atom. The van der Waals surface area contributed by atoms with Crippen molar-refractivity contribution in [1.29, 1.82) is 0 Å². The summed E-state index contributed by atoms with van der Waals surface area (Å²) in [6.45, 7) is 1.28. The Hall–Kier alpha value is -1.33. The minimum Gasteiger partial charge on any atom is -0.497 e. The first-order valence-electron chi connectivity index (χ1n) is 5.29. The highest BCUT2D eigenvalue weighted by atomic mass is 32.2. The molecule has 0 radical (unpaired) electrons. The van der Waals surface area contributed by atoms with Crippen LogP contribution in [0.2, 0.25) is 0 Å². The van der Waals surface area contributed by atoms with Crippen molar-refractivity contribution in [2.24, 2.45) is 0 Å². The maximum absolute atomic E-state index is 11.8. The Labute approximate surface area is 101 Å². The van der Waals surface area contributed by atoms with Crippen molar-refractivity contribution in [2.45, 2.75) is 0 Å². The van der Waals surface area contributed by atoms with Gasteiger partial charge in [0.05, 0.1) is 12.0 Å². The van der Waals surface area contributed by atoms with Gasteiger partial charge < -0.3 is 10.1 Å². The van der Waals surface area contributed by atoms with E-state index in [0.717, 1.165) is 5.57 Å². The molecule has 2 rings (SSSR count). The van der Waals surface area contributed by atoms with Gasteiger partial charge in [-0.1, -0.05) is 12.1 Å². The van der Waals surface area contributed by atoms with E-state index in [1.165, 1.54) is 6.26 Å². The number of benzene rings is 1. The number of hydrogen-bond acceptors (Lipinski definition) is 4. The molecule has 0 bridgehead atoms. The predicted octanol–water partition coefficient (Wildman–Crippen LogP) is 1.05. The first kappa shape index (κ1) is 12.1. The van der Waals surface area contributed by atoms with Crippen LogP contribution in [0.25, 0.3) is 4.91 Å². The lowest BCUT2D eigenvalue weighted by Gasteiger charge is -2.23. The molecule has 92 valence electrons. The van der Waals surface area contributed by atoms with E-state index in [0.29, 0.717) is 29.3 Å². The second kappa shape index (κ2) is 4.50. The van der Waals surface area contributed by atoms with Crippen LogP contribution in [0, 0.1) is 0 Å². The number of sulfone groups is 1. The predicted molar refractivity (Wildman–Crippen MR) is 67.6 cm³/mol. The van der Waals surface area contributed by atoms with E-state index in [4.69, 9.17) is 4.74 Å². The van der Waals surface area contributed by atoms with Crippen LogP contribution in [0.15, 0.2) is 29.8 Å². The molecule has 0 aromatic heterocycles. The van der Waals surface area contributed by atoms with E-state index in [1.807, 2.05) is 0 Å². The first-order valence-corrected chi connectivity index (χ1v) is 7.19. The van der Waals surface area contributed by atoms with Gasteiger partial charge in [0.1, 0.15) is 5.75 Å². The molecule has 0 amide bonds. The molecule has 1 aromatic rings. The third-order valence-electron chi connectivity index (χ3n) is 2.70. The molecule has 0 spiro atoms. The van der Waals surface area contributed by atoms with E-state index in [1.54, 1.807) is 31.4 Å². The monoisotopic (exact) mass is 253 g/mol. The highest BCUT2D eigenvalue weighted by Gasteiger charge is 2.23. The summed E-state index contributed by atoms with van der Waals surface area (Å²) in [7, 11) is -1.65. The summed E-state index contributed by atoms with van der Waals surface area (Å²) in [5.41, 5.74) is 1.63. The first-order chi connectivity index (χ1) is 8.02. The molecule has 5 heteroatoms. The lowest BCUT2D eigenvalue weighted by molar-refractivity contribution is 0.414. The summed E-state index contributed by atoms with van der Waals surface area (Å²) in [5.74, 6) is 0.663. The summed E-state index contributed by atoms with van der Waals surface area (Å²) in [6, 6.07) is 7.14. The number of rotatable bonds is 3. The summed E-state index contributed by atoms with van der Waals surface area (Å²) in [6.07, 6.45) is 1.24. The molecule has 1 N–H and O–H groups in total. The Bertz CT molecular complexity index is 555. The van der Waals surface area contributed by atoms with Crippen molar-refractivity contribution in [3.8, 4) is 5.75 Å². The molecular formula is C12H15NO3S. The summed E-state index contributed by atoms with van der Waals surface area (Å²) in [4.78, 5) is 0.426. The Balaban J connectivity index is 2.54. The van der Waals surface area contributed by atoms with E-state index in [2.05, 4.69) is 5.32 Å². The van der Waals surface area contributed by atoms with Gasteiger partial charge in [-0.15, -0.1) is 0 Å². The Kier molecular flexibility index (Phi) is 3.22. The van der Waals surface area contributed by atoms with Gasteiger partial charge in [-0.25, -0.2) is 8.42 Å². The molecule has 0 saturated carbocycles. The van der Waals surface area contributed by atoms with Crippen molar-refractivity contribution in [2.75, 3.05) is 26.5 Å². The van der Waals surface area contributed by atoms with Crippen LogP contribution in [0.3, 0.4) is 0 Å². The molecule has 17 heavy (non-hydrogen) atoms. The van der Waals surface area contributed by atoms with Crippen molar-refractivity contribution in [3.05, 3.63) is 35.4 Å². The van der Waals surface area contributed by atoms with Crippen LogP contribution >= 0.6 is 0 Å². The van der Waals surface area contributed by atoms with Gasteiger partial charge >= 0.3 is 0 Å². The third kappa shape index (κ3) is 2.50. The second-order valence-electron chi connectivity index (χ2n) is 4.04. The highest BCUT2D eigenvalue weighted by molar-refractivity contribution is 8.00. The summed E-state index contributed by atoms with van der Waals surface area (Å²) >= 11 is 0. The molecule has 1 aliphatic rings. The van der Waals surface area contributed by atoms with Crippen LogP contribution in [0.5, 0.6) is 5.75 Å². The molecule has 1 aliphatic heterocycles. The standard InChI is InChI=1S/C12H15NO3S/c1-16-11-5-3-4-9(6-11)12(17(2,14)15)10-7-13-8-10/h3-6,13H,7-8H2,1-2H3. The molecule has 0 atom stereocenters. The largest absolute Gasteiger partial charge is 0.497 e. The minimum absolute atomic E-state index is 0.426. The van der Waals surface area contributed by atoms with E-state index >= 15 is 0 Å². The number of ether oxygens (including phenoxy) is 1. The normalized spacial score (nSPS) is 15.3. The van der Waals surface area contributed by atoms with Gasteiger partial charge in [-0.05, 0) is 23.3 Å². The molecule has 1 saturated heterocycles. The molecule has 0 unspecified atom stereocenters. The fourth-order valence-corrected chi connectivity index (χ4v) is 3.08. The molecule has 1 heterocycles. The van der Waals surface area contributed by atoms with Crippen LogP contribution in [-0.2, 0) is 9.84 Å². The van der Waals surface area contributed by atoms with E-state index in [-0.39, 0.29) is 0 Å². The second-order valence-corrected chi connectivity index (χ2v) is 5.99. The fraction of sp³-hybridized carbons (Fsp3) is 0.333. The highest BCUT2D eigenvalue weighted by Crippen LogP contribution is 2.28. The molecule has 4 nitrogen and oxygen atoms in total. The van der Waals surface area contributed by atoms with Crippen LogP contribution < -0.4 is 10.1 Å².